The van der Waals surface area contributed by atoms with Crippen LogP contribution in [0.25, 0.3) is 5.69 Å². The molecule has 3 rings (SSSR count). The fourth-order valence-electron chi connectivity index (χ4n) is 2.30. The van der Waals surface area contributed by atoms with Crippen LogP contribution in [0.5, 0.6) is 0 Å². The minimum absolute atomic E-state index is 0.0356. The molecule has 0 spiro atoms. The Hall–Kier alpha value is -2.29. The fraction of sp³-hybridized carbons (Fsp3) is 0.125. The second-order valence-corrected chi connectivity index (χ2v) is 7.87. The lowest BCUT2D eigenvalue weighted by molar-refractivity contribution is 0.333. The van der Waals surface area contributed by atoms with Gasteiger partial charge in [-0.2, -0.15) is 13.0 Å². The summed E-state index contributed by atoms with van der Waals surface area (Å²) in [6, 6.07) is 9.90. The maximum absolute atomic E-state index is 12.6. The zero-order chi connectivity index (χ0) is 19.1. The molecular weight excluding hydrogens is 403 g/mol. The molecular formula is C16H12Cl2N2O5S. The van der Waals surface area contributed by atoms with Gasteiger partial charge in [0.15, 0.2) is 0 Å². The quantitative estimate of drug-likeness (QED) is 0.654. The molecule has 0 saturated heterocycles. The lowest BCUT2D eigenvalue weighted by Gasteiger charge is -2.03. The summed E-state index contributed by atoms with van der Waals surface area (Å²) >= 11 is 11.7. The topological polar surface area (TPSA) is 91.3 Å². The Balaban J connectivity index is 2.16. The molecule has 0 fully saturated rings. The van der Waals surface area contributed by atoms with Crippen LogP contribution in [0.1, 0.15) is 12.5 Å². The third kappa shape index (κ3) is 3.11. The molecule has 10 heteroatoms. The molecule has 0 radical (unpaired) electrons. The summed E-state index contributed by atoms with van der Waals surface area (Å²) in [5.74, 6) is -1.16. The van der Waals surface area contributed by atoms with E-state index in [1.165, 1.54) is 30.3 Å². The SMILES string of the molecule is CCc1ccc(S(=O)(=O)n2oc(=O)n(-c3ccc(Cl)c(Cl)c3)c2=O)cc1. The van der Waals surface area contributed by atoms with Gasteiger partial charge < -0.3 is 4.52 Å². The van der Waals surface area contributed by atoms with Gasteiger partial charge in [-0.1, -0.05) is 42.3 Å². The van der Waals surface area contributed by atoms with Crippen molar-refractivity contribution in [2.45, 2.75) is 18.2 Å². The average molecular weight is 415 g/mol. The molecule has 0 atom stereocenters. The highest BCUT2D eigenvalue weighted by Gasteiger charge is 2.26. The van der Waals surface area contributed by atoms with Crippen molar-refractivity contribution >= 4 is 33.2 Å². The normalized spacial score (nSPS) is 11.7. The summed E-state index contributed by atoms with van der Waals surface area (Å²) < 4.78 is 30.6. The predicted molar refractivity (Wildman–Crippen MR) is 97.0 cm³/mol. The molecule has 0 N–H and O–H groups in total. The van der Waals surface area contributed by atoms with Gasteiger partial charge in [0, 0.05) is 0 Å². The monoisotopic (exact) mass is 414 g/mol. The average Bonchev–Trinajstić information content (AvgIpc) is 2.92. The second-order valence-electron chi connectivity index (χ2n) is 5.30. The van der Waals surface area contributed by atoms with E-state index < -0.39 is 21.5 Å². The zero-order valence-corrected chi connectivity index (χ0v) is 15.7. The van der Waals surface area contributed by atoms with Crippen LogP contribution in [0.4, 0.5) is 0 Å². The highest BCUT2D eigenvalue weighted by atomic mass is 35.5. The second kappa shape index (κ2) is 6.79. The first kappa shape index (κ1) is 18.5. The van der Waals surface area contributed by atoms with Crippen LogP contribution in [0, 0.1) is 0 Å². The fourth-order valence-corrected chi connectivity index (χ4v) is 3.71. The minimum Gasteiger partial charge on any atom is -0.300 e. The first-order chi connectivity index (χ1) is 12.3. The van der Waals surface area contributed by atoms with E-state index in [1.54, 1.807) is 12.1 Å². The Bertz CT molecular complexity index is 1190. The van der Waals surface area contributed by atoms with E-state index in [1.807, 2.05) is 6.92 Å². The number of hydrogen-bond acceptors (Lipinski definition) is 5. The summed E-state index contributed by atoms with van der Waals surface area (Å²) in [4.78, 5) is 24.4. The van der Waals surface area contributed by atoms with Gasteiger partial charge in [0.2, 0.25) is 0 Å². The van der Waals surface area contributed by atoms with E-state index in [2.05, 4.69) is 0 Å². The van der Waals surface area contributed by atoms with Gasteiger partial charge in [-0.15, -0.1) is 0 Å². The van der Waals surface area contributed by atoms with E-state index in [4.69, 9.17) is 27.7 Å². The first-order valence-corrected chi connectivity index (χ1v) is 9.60. The van der Waals surface area contributed by atoms with E-state index >= 15 is 0 Å². The number of nitrogens with zero attached hydrogens (tertiary/aromatic N) is 2. The molecule has 0 aliphatic carbocycles. The molecule has 0 aliphatic rings. The molecule has 2 aromatic carbocycles. The Morgan fingerprint density at radius 2 is 1.65 bits per heavy atom. The van der Waals surface area contributed by atoms with Crippen LogP contribution in [-0.2, 0) is 16.4 Å². The van der Waals surface area contributed by atoms with Gasteiger partial charge in [0.1, 0.15) is 0 Å². The van der Waals surface area contributed by atoms with E-state index in [9.17, 15) is 18.0 Å². The van der Waals surface area contributed by atoms with Crippen molar-refractivity contribution in [2.75, 3.05) is 0 Å². The summed E-state index contributed by atoms with van der Waals surface area (Å²) in [5, 5.41) is 0.317. The molecule has 1 aromatic heterocycles. The Morgan fingerprint density at radius 1 is 1.00 bits per heavy atom. The van der Waals surface area contributed by atoms with Gasteiger partial charge in [-0.25, -0.2) is 9.59 Å². The Kier molecular flexibility index (Phi) is 4.83. The molecule has 136 valence electrons. The van der Waals surface area contributed by atoms with Crippen LogP contribution in [0.3, 0.4) is 0 Å². The Labute approximate surface area is 158 Å². The molecule has 26 heavy (non-hydrogen) atoms. The maximum Gasteiger partial charge on any atom is 0.448 e. The lowest BCUT2D eigenvalue weighted by atomic mass is 10.2. The smallest absolute Gasteiger partial charge is 0.300 e. The van der Waals surface area contributed by atoms with Gasteiger partial charge >= 0.3 is 11.4 Å². The summed E-state index contributed by atoms with van der Waals surface area (Å²) in [5.41, 5.74) is -0.215. The molecule has 7 nitrogen and oxygen atoms in total. The van der Waals surface area contributed by atoms with Crippen LogP contribution in [-0.4, -0.2) is 17.1 Å². The van der Waals surface area contributed by atoms with Crippen molar-refractivity contribution in [3.63, 3.8) is 0 Å². The largest absolute Gasteiger partial charge is 0.448 e. The van der Waals surface area contributed by atoms with Crippen molar-refractivity contribution in [2.24, 2.45) is 0 Å². The van der Waals surface area contributed by atoms with E-state index in [0.29, 0.717) is 4.57 Å². The Morgan fingerprint density at radius 3 is 2.23 bits per heavy atom. The van der Waals surface area contributed by atoms with Gasteiger partial charge in [-0.3, -0.25) is 0 Å². The van der Waals surface area contributed by atoms with Crippen molar-refractivity contribution in [1.82, 2.24) is 8.71 Å². The predicted octanol–water partition coefficient (Wildman–Crippen LogP) is 2.70. The van der Waals surface area contributed by atoms with Gasteiger partial charge in [0.05, 0.1) is 20.6 Å². The standard InChI is InChI=1S/C16H12Cl2N2O5S/c1-2-10-3-6-12(7-4-10)26(23,24)20-15(21)19(16(22)25-20)11-5-8-13(17)14(18)9-11/h3-9H,2H2,1H3. The molecule has 3 aromatic rings. The summed E-state index contributed by atoms with van der Waals surface area (Å²) in [6.45, 7) is 1.92. The zero-order valence-electron chi connectivity index (χ0n) is 13.3. The van der Waals surface area contributed by atoms with Crippen molar-refractivity contribution in [3.05, 3.63) is 79.1 Å². The summed E-state index contributed by atoms with van der Waals surface area (Å²) in [6.07, 6.45) is 0.725. The number of hydrogen-bond donors (Lipinski definition) is 0. The first-order valence-electron chi connectivity index (χ1n) is 7.41. The van der Waals surface area contributed by atoms with Gasteiger partial charge in [-0.05, 0) is 46.5 Å². The highest BCUT2D eigenvalue weighted by molar-refractivity contribution is 7.89. The van der Waals surface area contributed by atoms with Crippen LogP contribution in [0.2, 0.25) is 10.0 Å². The third-order valence-corrected chi connectivity index (χ3v) is 5.97. The van der Waals surface area contributed by atoms with Gasteiger partial charge in [0.25, 0.3) is 10.0 Å². The minimum atomic E-state index is -4.36. The van der Waals surface area contributed by atoms with Crippen LogP contribution in [0.15, 0.2) is 61.5 Å². The number of benzene rings is 2. The number of aromatic nitrogens is 2. The lowest BCUT2D eigenvalue weighted by Crippen LogP contribution is -2.30. The maximum atomic E-state index is 12.6. The number of rotatable bonds is 4. The van der Waals surface area contributed by atoms with Crippen molar-refractivity contribution in [1.29, 1.82) is 0 Å². The highest BCUT2D eigenvalue weighted by Crippen LogP contribution is 2.23. The van der Waals surface area contributed by atoms with Crippen molar-refractivity contribution < 1.29 is 12.9 Å². The van der Waals surface area contributed by atoms with E-state index in [-0.39, 0.29) is 24.8 Å². The molecule has 0 unspecified atom stereocenters. The molecule has 1 heterocycles. The summed E-state index contributed by atoms with van der Waals surface area (Å²) in [7, 11) is -4.36. The molecule has 0 aliphatic heterocycles. The number of halogens is 2. The molecule has 0 amide bonds. The molecule has 0 saturated carbocycles. The number of aryl methyl sites for hydroxylation is 1. The van der Waals surface area contributed by atoms with Crippen LogP contribution >= 0.6 is 23.2 Å². The van der Waals surface area contributed by atoms with E-state index in [0.717, 1.165) is 12.0 Å². The third-order valence-electron chi connectivity index (χ3n) is 3.70. The van der Waals surface area contributed by atoms with Crippen molar-refractivity contribution in [3.8, 4) is 5.69 Å². The van der Waals surface area contributed by atoms with Crippen LogP contribution < -0.4 is 11.4 Å². The molecule has 0 bridgehead atoms.